The minimum atomic E-state index is -4.00. The molecule has 0 fully saturated rings. The summed E-state index contributed by atoms with van der Waals surface area (Å²) in [5.74, 6) is -1.30. The van der Waals surface area contributed by atoms with E-state index in [-0.39, 0.29) is 44.6 Å². The molecule has 5 rings (SSSR count). The number of allylic oxidation sites excluding steroid dienone is 1. The number of hydrogen-bond donors (Lipinski definition) is 2. The number of ether oxygens (including phenoxy) is 2. The fourth-order valence-electron chi connectivity index (χ4n) is 7.83. The predicted molar refractivity (Wildman–Crippen MR) is 279 cm³/mol. The molecule has 2 amide bonds. The van der Waals surface area contributed by atoms with Gasteiger partial charge in [-0.15, -0.1) is 0 Å². The third-order valence-electron chi connectivity index (χ3n) is 12.2. The minimum absolute atomic E-state index is 0.00619. The second-order valence-electron chi connectivity index (χ2n) is 18.7. The van der Waals surface area contributed by atoms with Gasteiger partial charge < -0.3 is 19.2 Å². The van der Waals surface area contributed by atoms with Crippen LogP contribution in [-0.2, 0) is 25.0 Å². The SMILES string of the molecule is CCCCCCCCCCCCCCCCNS(=O)(=O)c1ccc(Cl)c(NC(=O)C(OC(=O)N(C)c2ccc(/C=C(\C#N)c3nc4cc(C(C)(C)C)ccc4o3)c(C)c2)C(=O)c2ccc(OC)cc2)c1. The lowest BCUT2D eigenvalue weighted by atomic mass is 9.87. The number of nitrogens with one attached hydrogen (secondary N) is 2. The zero-order chi connectivity index (χ0) is 50.8. The number of carbonyl (C=O) groups excluding carboxylic acids is 3. The molecule has 374 valence electrons. The molecule has 0 aliphatic heterocycles. The van der Waals surface area contributed by atoms with Gasteiger partial charge in [0.15, 0.2) is 5.58 Å². The number of nitrogens with zero attached hydrogens (tertiary/aromatic N) is 3. The van der Waals surface area contributed by atoms with Crippen molar-refractivity contribution in [1.82, 2.24) is 9.71 Å². The number of fused-ring (bicyclic) bond motifs is 1. The number of aryl methyl sites for hydroxylation is 1. The van der Waals surface area contributed by atoms with Gasteiger partial charge in [-0.1, -0.05) is 135 Å². The first kappa shape index (κ1) is 54.9. The van der Waals surface area contributed by atoms with Crippen LogP contribution in [0, 0.1) is 18.3 Å². The normalized spacial score (nSPS) is 12.4. The molecule has 0 saturated heterocycles. The van der Waals surface area contributed by atoms with Gasteiger partial charge >= 0.3 is 6.09 Å². The summed E-state index contributed by atoms with van der Waals surface area (Å²) >= 11 is 6.47. The highest BCUT2D eigenvalue weighted by Gasteiger charge is 2.34. The lowest BCUT2D eigenvalue weighted by Gasteiger charge is -2.22. The van der Waals surface area contributed by atoms with Crippen LogP contribution in [-0.4, -0.2) is 58.0 Å². The highest BCUT2D eigenvalue weighted by molar-refractivity contribution is 7.89. The highest BCUT2D eigenvalue weighted by atomic mass is 35.5. The van der Waals surface area contributed by atoms with E-state index in [4.69, 9.17) is 25.5 Å². The predicted octanol–water partition coefficient (Wildman–Crippen LogP) is 13.4. The van der Waals surface area contributed by atoms with Gasteiger partial charge in [0.25, 0.3) is 5.91 Å². The van der Waals surface area contributed by atoms with E-state index in [2.05, 4.69) is 48.8 Å². The number of hydrogen-bond acceptors (Lipinski definition) is 10. The molecule has 13 nitrogen and oxygen atoms in total. The van der Waals surface area contributed by atoms with E-state index in [9.17, 15) is 28.1 Å². The maximum Gasteiger partial charge on any atom is 0.415 e. The van der Waals surface area contributed by atoms with Crippen molar-refractivity contribution in [2.45, 2.75) is 141 Å². The topological polar surface area (TPSA) is 181 Å². The molecule has 0 spiro atoms. The van der Waals surface area contributed by atoms with Crippen molar-refractivity contribution in [3.63, 3.8) is 0 Å². The van der Waals surface area contributed by atoms with Gasteiger partial charge in [-0.2, -0.15) is 5.26 Å². The second kappa shape index (κ2) is 26.3. The lowest BCUT2D eigenvalue weighted by molar-refractivity contribution is -0.122. The Bertz CT molecular complexity index is 2760. The largest absolute Gasteiger partial charge is 0.497 e. The summed E-state index contributed by atoms with van der Waals surface area (Å²) in [7, 11) is -1.12. The molecule has 0 bridgehead atoms. The molecular weight excluding hydrogens is 926 g/mol. The van der Waals surface area contributed by atoms with E-state index in [0.717, 1.165) is 29.7 Å². The monoisotopic (exact) mass is 993 g/mol. The molecule has 2 N–H and O–H groups in total. The average Bonchev–Trinajstić information content (AvgIpc) is 3.77. The molecule has 15 heteroatoms. The van der Waals surface area contributed by atoms with Crippen LogP contribution in [0.2, 0.25) is 5.02 Å². The molecule has 0 radical (unpaired) electrons. The van der Waals surface area contributed by atoms with Crippen molar-refractivity contribution in [2.75, 3.05) is 30.9 Å². The summed E-state index contributed by atoms with van der Waals surface area (Å²) in [6.07, 6.45) is 15.2. The van der Waals surface area contributed by atoms with Crippen molar-refractivity contribution in [1.29, 1.82) is 5.26 Å². The van der Waals surface area contributed by atoms with Crippen molar-refractivity contribution in [2.24, 2.45) is 0 Å². The van der Waals surface area contributed by atoms with Crippen LogP contribution in [0.4, 0.5) is 16.2 Å². The zero-order valence-electron chi connectivity index (χ0n) is 41.7. The number of benzene rings is 4. The summed E-state index contributed by atoms with van der Waals surface area (Å²) in [4.78, 5) is 47.4. The Balaban J connectivity index is 1.23. The summed E-state index contributed by atoms with van der Waals surface area (Å²) in [6, 6.07) is 22.7. The Kier molecular flexibility index (Phi) is 20.6. The van der Waals surface area contributed by atoms with Gasteiger partial charge in [0.05, 0.1) is 22.7 Å². The first-order chi connectivity index (χ1) is 33.4. The number of halogens is 1. The zero-order valence-corrected chi connectivity index (χ0v) is 43.2. The molecule has 0 aliphatic rings. The summed E-state index contributed by atoms with van der Waals surface area (Å²) in [5, 5.41) is 12.6. The number of unbranched alkanes of at least 4 members (excludes halogenated alkanes) is 13. The van der Waals surface area contributed by atoms with Crippen LogP contribution in [0.5, 0.6) is 5.75 Å². The first-order valence-corrected chi connectivity index (χ1v) is 26.2. The third kappa shape index (κ3) is 15.8. The summed E-state index contributed by atoms with van der Waals surface area (Å²) in [5.41, 5.74) is 3.98. The van der Waals surface area contributed by atoms with Gasteiger partial charge in [0, 0.05) is 24.8 Å². The van der Waals surface area contributed by atoms with E-state index >= 15 is 0 Å². The molecule has 4 aromatic carbocycles. The lowest BCUT2D eigenvalue weighted by Crippen LogP contribution is -2.42. The number of rotatable bonds is 26. The molecule has 0 aliphatic carbocycles. The van der Waals surface area contributed by atoms with Crippen molar-refractivity contribution in [3.8, 4) is 11.8 Å². The molecule has 1 heterocycles. The number of nitriles is 1. The fourth-order valence-corrected chi connectivity index (χ4v) is 9.09. The van der Waals surface area contributed by atoms with E-state index < -0.39 is 33.9 Å². The van der Waals surface area contributed by atoms with Crippen LogP contribution in [0.3, 0.4) is 0 Å². The van der Waals surface area contributed by atoms with E-state index in [1.807, 2.05) is 18.2 Å². The van der Waals surface area contributed by atoms with Gasteiger partial charge in [-0.05, 0) is 108 Å². The van der Waals surface area contributed by atoms with Crippen LogP contribution in [0.25, 0.3) is 22.7 Å². The number of ketones is 1. The maximum absolute atomic E-state index is 14.0. The summed E-state index contributed by atoms with van der Waals surface area (Å²) < 4.78 is 46.2. The number of anilines is 2. The Hall–Kier alpha value is -6.01. The van der Waals surface area contributed by atoms with Crippen LogP contribution >= 0.6 is 11.6 Å². The Morgan fingerprint density at radius 1 is 0.857 bits per heavy atom. The molecule has 1 atom stereocenters. The Morgan fingerprint density at radius 3 is 2.07 bits per heavy atom. The first-order valence-electron chi connectivity index (χ1n) is 24.3. The Morgan fingerprint density at radius 2 is 1.49 bits per heavy atom. The molecular formula is C55H68ClN5O8S. The quantitative estimate of drug-likeness (QED) is 0.0234. The molecule has 0 saturated carbocycles. The number of Topliss-reactive ketones (excluding diaryl/α,β-unsaturated/α-hetero) is 1. The Labute approximate surface area is 419 Å². The van der Waals surface area contributed by atoms with Crippen molar-refractivity contribution < 1.29 is 36.7 Å². The molecule has 70 heavy (non-hydrogen) atoms. The molecule has 1 aromatic heterocycles. The minimum Gasteiger partial charge on any atom is -0.497 e. The van der Waals surface area contributed by atoms with Crippen LogP contribution < -0.4 is 19.7 Å². The third-order valence-corrected chi connectivity index (χ3v) is 14.0. The van der Waals surface area contributed by atoms with Gasteiger partial charge in [-0.3, -0.25) is 14.5 Å². The fraction of sp³-hybridized carbons (Fsp3) is 0.436. The second-order valence-corrected chi connectivity index (χ2v) is 20.9. The molecule has 1 unspecified atom stereocenters. The van der Waals surface area contributed by atoms with E-state index in [0.29, 0.717) is 40.1 Å². The van der Waals surface area contributed by atoms with E-state index in [1.54, 1.807) is 31.2 Å². The number of amides is 2. The standard InChI is InChI=1S/C55H68ClN5O8S/c1-8-9-10-11-12-13-14-15-16-17-18-19-20-21-32-58-70(65,66)45-29-30-46(56)47(36-45)59-52(63)51(50(62)39-23-27-44(67-7)28-24-39)69-54(64)61(6)43-26-22-40(38(2)33-43)34-41(37-57)53-60-48-35-42(55(3,4)5)25-31-49(48)68-53/h22-31,33-36,51,58H,8-21,32H2,1-7H3,(H,59,63)/b41-34+. The van der Waals surface area contributed by atoms with Crippen LogP contribution in [0.1, 0.15) is 151 Å². The van der Waals surface area contributed by atoms with Gasteiger partial charge in [-0.25, -0.2) is 22.9 Å². The van der Waals surface area contributed by atoms with Gasteiger partial charge in [0.2, 0.25) is 27.8 Å². The van der Waals surface area contributed by atoms with Gasteiger partial charge in [0.1, 0.15) is 22.9 Å². The number of methoxy groups -OCH3 is 1. The number of aromatic nitrogens is 1. The number of sulfonamides is 1. The van der Waals surface area contributed by atoms with Crippen LogP contribution in [0.15, 0.2) is 88.2 Å². The highest BCUT2D eigenvalue weighted by Crippen LogP contribution is 2.31. The van der Waals surface area contributed by atoms with E-state index in [1.165, 1.54) is 121 Å². The average molecular weight is 995 g/mol. The van der Waals surface area contributed by atoms with Crippen molar-refractivity contribution >= 4 is 73.5 Å². The smallest absolute Gasteiger partial charge is 0.415 e. The maximum atomic E-state index is 14.0. The van der Waals surface area contributed by atoms with Crippen molar-refractivity contribution in [3.05, 3.63) is 112 Å². The summed E-state index contributed by atoms with van der Waals surface area (Å²) in [6.45, 7) is 10.6. The number of oxazole rings is 1. The molecule has 5 aromatic rings. The number of carbonyl (C=O) groups is 3.